The van der Waals surface area contributed by atoms with Crippen molar-refractivity contribution in [3.63, 3.8) is 0 Å². The Morgan fingerprint density at radius 2 is 2.06 bits per heavy atom. The maximum atomic E-state index is 13.6. The van der Waals surface area contributed by atoms with Gasteiger partial charge < -0.3 is 5.32 Å². The first-order valence-corrected chi connectivity index (χ1v) is 8.06. The quantitative estimate of drug-likeness (QED) is 0.762. The van der Waals surface area contributed by atoms with E-state index in [1.54, 1.807) is 23.5 Å². The topological polar surface area (TPSA) is 12.0 Å². The lowest BCUT2D eigenvalue weighted by Crippen LogP contribution is -2.22. The van der Waals surface area contributed by atoms with E-state index in [-0.39, 0.29) is 11.9 Å². The Balaban J connectivity index is 2.41. The van der Waals surface area contributed by atoms with Crippen molar-refractivity contribution in [3.05, 3.63) is 54.8 Å². The van der Waals surface area contributed by atoms with E-state index in [0.717, 1.165) is 22.1 Å². The Kier molecular flexibility index (Phi) is 4.95. The summed E-state index contributed by atoms with van der Waals surface area (Å²) in [5, 5.41) is 7.50. The normalized spacial score (nSPS) is 12.7. The molecule has 0 aliphatic heterocycles. The lowest BCUT2D eigenvalue weighted by Gasteiger charge is -2.18. The average Bonchev–Trinajstić information content (AvgIpc) is 2.76. The van der Waals surface area contributed by atoms with E-state index in [0.29, 0.717) is 4.47 Å². The van der Waals surface area contributed by atoms with E-state index < -0.39 is 0 Å². The third-order valence-corrected chi connectivity index (χ3v) is 5.03. The summed E-state index contributed by atoms with van der Waals surface area (Å²) in [6, 6.07) is 5.26. The molecule has 1 aromatic heterocycles. The van der Waals surface area contributed by atoms with Crippen LogP contribution in [0.15, 0.2) is 37.9 Å². The highest BCUT2D eigenvalue weighted by molar-refractivity contribution is 9.10. The van der Waals surface area contributed by atoms with Crippen molar-refractivity contribution in [1.29, 1.82) is 0 Å². The molecule has 0 amide bonds. The maximum absolute atomic E-state index is 13.6. The molecule has 0 saturated carbocycles. The van der Waals surface area contributed by atoms with Crippen molar-refractivity contribution < 1.29 is 4.39 Å². The van der Waals surface area contributed by atoms with Gasteiger partial charge in [0, 0.05) is 9.85 Å². The number of halogens is 3. The molecule has 18 heavy (non-hydrogen) atoms. The largest absolute Gasteiger partial charge is 0.306 e. The molecule has 0 bridgehead atoms. The summed E-state index contributed by atoms with van der Waals surface area (Å²) in [6.07, 6.45) is 0. The molecule has 5 heteroatoms. The van der Waals surface area contributed by atoms with Crippen molar-refractivity contribution >= 4 is 43.2 Å². The van der Waals surface area contributed by atoms with Crippen LogP contribution in [0.25, 0.3) is 0 Å². The molecule has 96 valence electrons. The molecular formula is C13H12Br2FNS. The highest BCUT2D eigenvalue weighted by atomic mass is 79.9. The molecule has 0 aliphatic carbocycles. The van der Waals surface area contributed by atoms with Gasteiger partial charge in [-0.1, -0.05) is 13.0 Å². The number of hydrogen-bond acceptors (Lipinski definition) is 2. The molecule has 0 spiro atoms. The Labute approximate surface area is 127 Å². The van der Waals surface area contributed by atoms with Crippen LogP contribution in [-0.2, 0) is 0 Å². The lowest BCUT2D eigenvalue weighted by atomic mass is 10.0. The lowest BCUT2D eigenvalue weighted by molar-refractivity contribution is 0.599. The Bertz CT molecular complexity index is 542. The predicted molar refractivity (Wildman–Crippen MR) is 81.6 cm³/mol. The van der Waals surface area contributed by atoms with Crippen molar-refractivity contribution in [1.82, 2.24) is 5.32 Å². The van der Waals surface area contributed by atoms with E-state index in [2.05, 4.69) is 42.6 Å². The Morgan fingerprint density at radius 1 is 1.28 bits per heavy atom. The maximum Gasteiger partial charge on any atom is 0.137 e. The number of rotatable bonds is 4. The Hall–Kier alpha value is -0.230. The van der Waals surface area contributed by atoms with E-state index in [1.807, 2.05) is 18.4 Å². The first-order chi connectivity index (χ1) is 8.63. The van der Waals surface area contributed by atoms with Crippen LogP contribution in [-0.4, -0.2) is 6.54 Å². The van der Waals surface area contributed by atoms with Gasteiger partial charge in [0.2, 0.25) is 0 Å². The molecule has 2 rings (SSSR count). The molecule has 0 fully saturated rings. The zero-order valence-corrected chi connectivity index (χ0v) is 13.7. The first-order valence-electron chi connectivity index (χ1n) is 5.53. The zero-order valence-electron chi connectivity index (χ0n) is 9.71. The van der Waals surface area contributed by atoms with Gasteiger partial charge in [-0.05, 0) is 67.0 Å². The van der Waals surface area contributed by atoms with Crippen LogP contribution >= 0.6 is 43.2 Å². The number of hydrogen-bond donors (Lipinski definition) is 1. The third-order valence-electron chi connectivity index (χ3n) is 2.64. The van der Waals surface area contributed by atoms with Gasteiger partial charge in [0.15, 0.2) is 0 Å². The van der Waals surface area contributed by atoms with Crippen LogP contribution in [0, 0.1) is 5.82 Å². The fourth-order valence-corrected chi connectivity index (χ4v) is 3.60. The first kappa shape index (κ1) is 14.2. The second-order valence-electron chi connectivity index (χ2n) is 3.84. The molecule has 2 aromatic rings. The summed E-state index contributed by atoms with van der Waals surface area (Å²) in [7, 11) is 0. The van der Waals surface area contributed by atoms with Crippen molar-refractivity contribution in [2.75, 3.05) is 6.54 Å². The van der Waals surface area contributed by atoms with Gasteiger partial charge >= 0.3 is 0 Å². The van der Waals surface area contributed by atoms with Gasteiger partial charge in [-0.3, -0.25) is 0 Å². The van der Waals surface area contributed by atoms with Crippen LogP contribution in [0.4, 0.5) is 4.39 Å². The highest BCUT2D eigenvalue weighted by Gasteiger charge is 2.17. The van der Waals surface area contributed by atoms with Gasteiger partial charge in [0.1, 0.15) is 5.82 Å². The molecule has 1 atom stereocenters. The second-order valence-corrected chi connectivity index (χ2v) is 6.29. The van der Waals surface area contributed by atoms with Crippen LogP contribution in [0.2, 0.25) is 0 Å². The predicted octanol–water partition coefficient (Wildman–Crippen LogP) is 5.11. The number of nitrogens with one attached hydrogen (secondary N) is 1. The van der Waals surface area contributed by atoms with Gasteiger partial charge in [0.05, 0.1) is 10.5 Å². The SMILES string of the molecule is CCNC(c1ccc(Br)c(F)c1)c1cscc1Br. The molecule has 0 saturated heterocycles. The van der Waals surface area contributed by atoms with Crippen LogP contribution in [0.1, 0.15) is 24.1 Å². The van der Waals surface area contributed by atoms with Gasteiger partial charge in [-0.25, -0.2) is 4.39 Å². The molecule has 0 aliphatic rings. The van der Waals surface area contributed by atoms with E-state index in [1.165, 1.54) is 0 Å². The molecule has 1 N–H and O–H groups in total. The molecule has 1 nitrogen and oxygen atoms in total. The zero-order chi connectivity index (χ0) is 13.1. The van der Waals surface area contributed by atoms with E-state index >= 15 is 0 Å². The fraction of sp³-hybridized carbons (Fsp3) is 0.231. The van der Waals surface area contributed by atoms with Crippen molar-refractivity contribution in [2.45, 2.75) is 13.0 Å². The monoisotopic (exact) mass is 391 g/mol. The minimum absolute atomic E-state index is 0.0122. The summed E-state index contributed by atoms with van der Waals surface area (Å²) < 4.78 is 15.2. The summed E-state index contributed by atoms with van der Waals surface area (Å²) >= 11 is 8.35. The van der Waals surface area contributed by atoms with Gasteiger partial charge in [0.25, 0.3) is 0 Å². The summed E-state index contributed by atoms with van der Waals surface area (Å²) in [5.74, 6) is -0.234. The van der Waals surface area contributed by atoms with Crippen molar-refractivity contribution in [3.8, 4) is 0 Å². The molecule has 1 aromatic carbocycles. The average molecular weight is 393 g/mol. The molecule has 0 radical (unpaired) electrons. The smallest absolute Gasteiger partial charge is 0.137 e. The van der Waals surface area contributed by atoms with E-state index in [9.17, 15) is 4.39 Å². The summed E-state index contributed by atoms with van der Waals surface area (Å²) in [5.41, 5.74) is 2.07. The molecule has 1 heterocycles. The van der Waals surface area contributed by atoms with Crippen LogP contribution in [0.5, 0.6) is 0 Å². The third kappa shape index (κ3) is 3.02. The second kappa shape index (κ2) is 6.28. The molecular weight excluding hydrogens is 381 g/mol. The highest BCUT2D eigenvalue weighted by Crippen LogP contribution is 2.32. The van der Waals surface area contributed by atoms with Gasteiger partial charge in [-0.2, -0.15) is 11.3 Å². The minimum atomic E-state index is -0.234. The Morgan fingerprint density at radius 3 is 2.61 bits per heavy atom. The standard InChI is InChI=1S/C13H12Br2FNS/c1-2-17-13(9-6-18-7-11(9)15)8-3-4-10(14)12(16)5-8/h3-7,13,17H,2H2,1H3. The number of thiophene rings is 1. The summed E-state index contributed by atoms with van der Waals surface area (Å²) in [4.78, 5) is 0. The molecule has 1 unspecified atom stereocenters. The van der Waals surface area contributed by atoms with Gasteiger partial charge in [-0.15, -0.1) is 0 Å². The fourth-order valence-electron chi connectivity index (χ4n) is 1.80. The van der Waals surface area contributed by atoms with E-state index in [4.69, 9.17) is 0 Å². The van der Waals surface area contributed by atoms with Crippen LogP contribution in [0.3, 0.4) is 0 Å². The van der Waals surface area contributed by atoms with Crippen LogP contribution < -0.4 is 5.32 Å². The van der Waals surface area contributed by atoms with Crippen molar-refractivity contribution in [2.24, 2.45) is 0 Å². The summed E-state index contributed by atoms with van der Waals surface area (Å²) in [6.45, 7) is 2.87. The minimum Gasteiger partial charge on any atom is -0.306 e. The number of benzene rings is 1.